The number of anilines is 1. The summed E-state index contributed by atoms with van der Waals surface area (Å²) in [5, 5.41) is 3.06. The maximum absolute atomic E-state index is 13.2. The fourth-order valence-corrected chi connectivity index (χ4v) is 3.92. The van der Waals surface area contributed by atoms with Crippen LogP contribution >= 0.6 is 0 Å². The summed E-state index contributed by atoms with van der Waals surface area (Å²) in [7, 11) is 0. The first kappa shape index (κ1) is 19.1. The van der Waals surface area contributed by atoms with Crippen LogP contribution in [0.3, 0.4) is 0 Å². The van der Waals surface area contributed by atoms with E-state index in [9.17, 15) is 9.59 Å². The molecule has 2 amide bonds. The Morgan fingerprint density at radius 3 is 2.55 bits per heavy atom. The first-order valence-corrected chi connectivity index (χ1v) is 10.0. The smallest absolute Gasteiger partial charge is 0.288 e. The lowest BCUT2D eigenvalue weighted by Gasteiger charge is -2.17. The van der Waals surface area contributed by atoms with Crippen LogP contribution in [0.2, 0.25) is 0 Å². The van der Waals surface area contributed by atoms with Gasteiger partial charge in [-0.1, -0.05) is 18.2 Å². The number of benzene rings is 2. The fraction of sp³-hybridized carbons (Fsp3) is 0.208. The number of pyridine rings is 1. The van der Waals surface area contributed by atoms with Gasteiger partial charge in [0, 0.05) is 17.4 Å². The van der Waals surface area contributed by atoms with Crippen LogP contribution in [-0.4, -0.2) is 23.6 Å². The molecule has 1 aromatic heterocycles. The highest BCUT2D eigenvalue weighted by atomic mass is 16.7. The Labute approximate surface area is 179 Å². The molecule has 7 nitrogen and oxygen atoms in total. The number of ether oxygens (including phenoxy) is 2. The van der Waals surface area contributed by atoms with Crippen molar-refractivity contribution in [1.82, 2.24) is 10.7 Å². The molecule has 1 aliphatic carbocycles. The summed E-state index contributed by atoms with van der Waals surface area (Å²) in [6.45, 7) is 2.18. The molecule has 1 fully saturated rings. The number of hydrogen-bond donors (Lipinski definition) is 1. The highest BCUT2D eigenvalue weighted by Gasteiger charge is 2.51. The second kappa shape index (κ2) is 7.12. The lowest BCUT2D eigenvalue weighted by molar-refractivity contribution is -0.118. The first-order valence-electron chi connectivity index (χ1n) is 10.0. The van der Waals surface area contributed by atoms with Gasteiger partial charge in [-0.3, -0.25) is 20.3 Å². The zero-order chi connectivity index (χ0) is 21.6. The van der Waals surface area contributed by atoms with E-state index in [0.717, 1.165) is 35.1 Å². The monoisotopic (exact) mass is 414 g/mol. The molecule has 1 saturated carbocycles. The van der Waals surface area contributed by atoms with Crippen molar-refractivity contribution in [2.75, 3.05) is 12.1 Å². The van der Waals surface area contributed by atoms with Crippen molar-refractivity contribution in [3.8, 4) is 22.6 Å². The number of carbonyl (C=O) groups is 2. The minimum absolute atomic E-state index is 0.0468. The molecule has 7 heteroatoms. The van der Waals surface area contributed by atoms with Gasteiger partial charge in [-0.25, -0.2) is 0 Å². The van der Waals surface area contributed by atoms with Crippen molar-refractivity contribution >= 4 is 17.5 Å². The average molecular weight is 414 g/mol. The van der Waals surface area contributed by atoms with Crippen LogP contribution in [0, 0.1) is 6.92 Å². The minimum atomic E-state index is -0.817. The van der Waals surface area contributed by atoms with Gasteiger partial charge in [-0.2, -0.15) is 0 Å². The van der Waals surface area contributed by atoms with E-state index >= 15 is 0 Å². The molecule has 3 aromatic rings. The molecule has 0 saturated heterocycles. The Morgan fingerprint density at radius 2 is 1.84 bits per heavy atom. The zero-order valence-corrected chi connectivity index (χ0v) is 16.9. The standard InChI is InChI=1S/C24H20N3O4/c1-14-2-5-17(11-18(14)15-3-6-19(22(25)28)26-12-15)27-23(29)24(8-9-24)16-4-7-20-21(10-16)31-13-30-20/h2-7,10-12,25H,8-9,13H2,1H3,(H,27,29). The number of fused-ring (bicyclic) bond motifs is 1. The molecule has 1 radical (unpaired) electrons. The van der Waals surface area contributed by atoms with Crippen LogP contribution in [0.1, 0.15) is 34.5 Å². The summed E-state index contributed by atoms with van der Waals surface area (Å²) in [6.07, 6.45) is 3.14. The maximum atomic E-state index is 13.2. The summed E-state index contributed by atoms with van der Waals surface area (Å²) in [4.78, 5) is 28.4. The summed E-state index contributed by atoms with van der Waals surface area (Å²) in [5.41, 5.74) is 11.1. The minimum Gasteiger partial charge on any atom is -0.454 e. The van der Waals surface area contributed by atoms with Crippen LogP contribution in [0.5, 0.6) is 11.5 Å². The van der Waals surface area contributed by atoms with Gasteiger partial charge in [-0.05, 0) is 66.8 Å². The Balaban J connectivity index is 1.39. The van der Waals surface area contributed by atoms with E-state index < -0.39 is 11.3 Å². The van der Waals surface area contributed by atoms with E-state index in [1.807, 2.05) is 43.3 Å². The molecule has 0 spiro atoms. The molecule has 0 unspecified atom stereocenters. The Hall–Kier alpha value is -3.87. The van der Waals surface area contributed by atoms with Crippen LogP contribution in [0.4, 0.5) is 5.69 Å². The normalized spacial score (nSPS) is 15.4. The average Bonchev–Trinajstić information content (AvgIpc) is 3.46. The van der Waals surface area contributed by atoms with Crippen molar-refractivity contribution in [2.24, 2.45) is 0 Å². The van der Waals surface area contributed by atoms with E-state index in [4.69, 9.17) is 15.2 Å². The molecule has 0 atom stereocenters. The lowest BCUT2D eigenvalue weighted by Crippen LogP contribution is -2.27. The van der Waals surface area contributed by atoms with E-state index in [0.29, 0.717) is 17.2 Å². The molecular weight excluding hydrogens is 394 g/mol. The third kappa shape index (κ3) is 3.38. The van der Waals surface area contributed by atoms with Crippen molar-refractivity contribution in [3.05, 3.63) is 71.5 Å². The second-order valence-electron chi connectivity index (χ2n) is 7.90. The largest absolute Gasteiger partial charge is 0.454 e. The quantitative estimate of drug-likeness (QED) is 0.683. The van der Waals surface area contributed by atoms with Gasteiger partial charge in [0.25, 0.3) is 5.91 Å². The van der Waals surface area contributed by atoms with E-state index in [-0.39, 0.29) is 18.4 Å². The summed E-state index contributed by atoms with van der Waals surface area (Å²) in [6, 6.07) is 14.7. The van der Waals surface area contributed by atoms with Crippen LogP contribution < -0.4 is 20.5 Å². The third-order valence-electron chi connectivity index (χ3n) is 5.91. The lowest BCUT2D eigenvalue weighted by atomic mass is 9.94. The molecular formula is C24H20N3O4. The molecule has 155 valence electrons. The molecule has 2 heterocycles. The number of rotatable bonds is 5. The second-order valence-corrected chi connectivity index (χ2v) is 7.90. The topological polar surface area (TPSA) is 101 Å². The summed E-state index contributed by atoms with van der Waals surface area (Å²) >= 11 is 0. The van der Waals surface area contributed by atoms with Gasteiger partial charge in [0.15, 0.2) is 11.5 Å². The number of aromatic nitrogens is 1. The van der Waals surface area contributed by atoms with Gasteiger partial charge in [0.05, 0.1) is 5.41 Å². The number of nitrogens with zero attached hydrogens (tertiary/aromatic N) is 1. The number of hydrogen-bond acceptors (Lipinski definition) is 5. The van der Waals surface area contributed by atoms with Crippen LogP contribution in [0.15, 0.2) is 54.7 Å². The highest BCUT2D eigenvalue weighted by molar-refractivity contribution is 6.02. The predicted molar refractivity (Wildman–Crippen MR) is 114 cm³/mol. The SMILES string of the molecule is Cc1ccc(NC(=O)C2(c3ccc4c(c3)OCO4)CC2)cc1-c1ccc(C([NH])=O)nc1. The summed E-state index contributed by atoms with van der Waals surface area (Å²) in [5.74, 6) is 0.517. The molecule has 2 aliphatic rings. The number of amides is 2. The summed E-state index contributed by atoms with van der Waals surface area (Å²) < 4.78 is 10.8. The Kier molecular flexibility index (Phi) is 4.39. The zero-order valence-electron chi connectivity index (χ0n) is 16.9. The third-order valence-corrected chi connectivity index (χ3v) is 5.91. The fourth-order valence-electron chi connectivity index (χ4n) is 3.92. The molecule has 2 aromatic carbocycles. The van der Waals surface area contributed by atoms with Crippen molar-refractivity contribution in [3.63, 3.8) is 0 Å². The molecule has 2 N–H and O–H groups in total. The van der Waals surface area contributed by atoms with Crippen molar-refractivity contribution < 1.29 is 19.1 Å². The van der Waals surface area contributed by atoms with Crippen LogP contribution in [0.25, 0.3) is 11.1 Å². The number of aryl methyl sites for hydroxylation is 1. The predicted octanol–water partition coefficient (Wildman–Crippen LogP) is 3.88. The maximum Gasteiger partial charge on any atom is 0.288 e. The molecule has 31 heavy (non-hydrogen) atoms. The van der Waals surface area contributed by atoms with Crippen LogP contribution in [-0.2, 0) is 10.2 Å². The molecule has 5 rings (SSSR count). The van der Waals surface area contributed by atoms with Gasteiger partial charge in [0.2, 0.25) is 12.7 Å². The molecule has 0 bridgehead atoms. The van der Waals surface area contributed by atoms with Crippen molar-refractivity contribution in [1.29, 1.82) is 0 Å². The van der Waals surface area contributed by atoms with Gasteiger partial charge < -0.3 is 14.8 Å². The van der Waals surface area contributed by atoms with Gasteiger partial charge in [-0.15, -0.1) is 0 Å². The van der Waals surface area contributed by atoms with Crippen molar-refractivity contribution in [2.45, 2.75) is 25.2 Å². The van der Waals surface area contributed by atoms with E-state index in [1.165, 1.54) is 6.07 Å². The Bertz CT molecular complexity index is 1200. The molecule has 1 aliphatic heterocycles. The highest BCUT2D eigenvalue weighted by Crippen LogP contribution is 2.51. The van der Waals surface area contributed by atoms with E-state index in [1.54, 1.807) is 12.3 Å². The number of carbonyl (C=O) groups excluding carboxylic acids is 2. The van der Waals surface area contributed by atoms with Gasteiger partial charge in [0.1, 0.15) is 5.69 Å². The first-order chi connectivity index (χ1) is 15.0. The van der Waals surface area contributed by atoms with Gasteiger partial charge >= 0.3 is 0 Å². The number of nitrogens with one attached hydrogen (secondary N) is 2. The Morgan fingerprint density at radius 1 is 1.03 bits per heavy atom. The van der Waals surface area contributed by atoms with E-state index in [2.05, 4.69) is 10.3 Å².